The van der Waals surface area contributed by atoms with Gasteiger partial charge in [-0.1, -0.05) is 47.8 Å². The van der Waals surface area contributed by atoms with Crippen LogP contribution in [-0.2, 0) is 6.54 Å². The summed E-state index contributed by atoms with van der Waals surface area (Å²) in [5.41, 5.74) is 3.53. The first kappa shape index (κ1) is 21.7. The number of carbonyl (C=O) groups excluding carboxylic acids is 2. The van der Waals surface area contributed by atoms with Crippen molar-refractivity contribution >= 4 is 33.4 Å². The van der Waals surface area contributed by atoms with Crippen molar-refractivity contribution in [1.82, 2.24) is 15.3 Å². The lowest BCUT2D eigenvalue weighted by Gasteiger charge is -2.13. The number of amides is 2. The molecule has 0 spiro atoms. The van der Waals surface area contributed by atoms with E-state index in [1.807, 2.05) is 67.6 Å². The standard InChI is InChI=1S/C27H22N4O2S/c1-2-34-23-11-7-6-10-21(23)27(33)31-22-14-20(12-13-24(22)34)26(32)30-17-18-15-28-25(29-16-18)19-8-4-3-5-9-19/h2-16H,17H2,1H3,(H,30,32)(H,31,33). The molecule has 4 aromatic rings. The Morgan fingerprint density at radius 3 is 2.47 bits per heavy atom. The molecule has 5 rings (SSSR count). The van der Waals surface area contributed by atoms with Gasteiger partial charge in [-0.05, 0) is 37.3 Å². The Hall–Kier alpha value is -4.10. The largest absolute Gasteiger partial charge is 0.348 e. The summed E-state index contributed by atoms with van der Waals surface area (Å²) in [5.74, 6) is 0.245. The van der Waals surface area contributed by atoms with Crippen LogP contribution in [0, 0.1) is 0 Å². The molecule has 0 saturated heterocycles. The molecule has 2 amide bonds. The number of carbonyl (C=O) groups is 2. The molecule has 0 aliphatic carbocycles. The fourth-order valence-electron chi connectivity index (χ4n) is 3.84. The molecule has 1 aromatic heterocycles. The number of nitrogens with one attached hydrogen (secondary N) is 2. The summed E-state index contributed by atoms with van der Waals surface area (Å²) in [5, 5.41) is 7.99. The molecule has 1 unspecified atom stereocenters. The van der Waals surface area contributed by atoms with E-state index in [1.165, 1.54) is 0 Å². The summed E-state index contributed by atoms with van der Waals surface area (Å²) >= 11 is 0. The Labute approximate surface area is 200 Å². The molecule has 0 bridgehead atoms. The van der Waals surface area contributed by atoms with E-state index in [-0.39, 0.29) is 22.3 Å². The minimum Gasteiger partial charge on any atom is -0.348 e. The van der Waals surface area contributed by atoms with Gasteiger partial charge in [-0.15, -0.1) is 10.5 Å². The van der Waals surface area contributed by atoms with Gasteiger partial charge in [-0.25, -0.2) is 9.97 Å². The first-order chi connectivity index (χ1) is 16.6. The smallest absolute Gasteiger partial charge is 0.256 e. The van der Waals surface area contributed by atoms with Gasteiger partial charge in [0.2, 0.25) is 0 Å². The van der Waals surface area contributed by atoms with Crippen LogP contribution in [0.2, 0.25) is 0 Å². The second-order valence-corrected chi connectivity index (χ2v) is 9.72. The lowest BCUT2D eigenvalue weighted by Crippen LogP contribution is -2.23. The molecule has 0 fully saturated rings. The highest BCUT2D eigenvalue weighted by molar-refractivity contribution is 8.15. The number of anilines is 1. The van der Waals surface area contributed by atoms with Crippen LogP contribution in [-0.4, -0.2) is 27.1 Å². The number of aromatic nitrogens is 2. The fourth-order valence-corrected chi connectivity index (χ4v) is 5.76. The molecule has 3 aromatic carbocycles. The van der Waals surface area contributed by atoms with E-state index in [4.69, 9.17) is 0 Å². The van der Waals surface area contributed by atoms with E-state index in [0.717, 1.165) is 20.9 Å². The van der Waals surface area contributed by atoms with Crippen molar-refractivity contribution in [1.29, 1.82) is 0 Å². The van der Waals surface area contributed by atoms with E-state index in [2.05, 4.69) is 26.0 Å². The lowest BCUT2D eigenvalue weighted by atomic mass is 10.1. The first-order valence-corrected chi connectivity index (χ1v) is 12.1. The first-order valence-electron chi connectivity index (χ1n) is 10.9. The second-order valence-electron chi connectivity index (χ2n) is 7.70. The van der Waals surface area contributed by atoms with Gasteiger partial charge in [0, 0.05) is 45.4 Å². The number of hydrogen-bond donors (Lipinski definition) is 2. The zero-order chi connectivity index (χ0) is 23.5. The molecule has 6 nitrogen and oxygen atoms in total. The van der Waals surface area contributed by atoms with Crippen LogP contribution in [0.3, 0.4) is 0 Å². The van der Waals surface area contributed by atoms with Gasteiger partial charge in [-0.3, -0.25) is 9.59 Å². The Morgan fingerprint density at radius 2 is 1.71 bits per heavy atom. The SMILES string of the molecule is C/C=S1/c2ccc(C(=O)NCc3cnc(-c4ccccc4)nc3)cc2NC(=O)c2ccccc21. The third-order valence-corrected chi connectivity index (χ3v) is 7.65. The predicted molar refractivity (Wildman–Crippen MR) is 135 cm³/mol. The molecule has 1 atom stereocenters. The molecule has 34 heavy (non-hydrogen) atoms. The minimum absolute atomic E-state index is 0.165. The molecular formula is C27H22N4O2S. The van der Waals surface area contributed by atoms with Gasteiger partial charge in [0.25, 0.3) is 11.8 Å². The van der Waals surface area contributed by atoms with E-state index < -0.39 is 0 Å². The molecule has 7 heteroatoms. The van der Waals surface area contributed by atoms with Crippen LogP contribution in [0.15, 0.2) is 95.0 Å². The van der Waals surface area contributed by atoms with E-state index >= 15 is 0 Å². The number of hydrogen-bond acceptors (Lipinski definition) is 4. The van der Waals surface area contributed by atoms with Gasteiger partial charge < -0.3 is 10.6 Å². The Morgan fingerprint density at radius 1 is 0.971 bits per heavy atom. The number of fused-ring (bicyclic) bond motifs is 2. The third-order valence-electron chi connectivity index (χ3n) is 5.52. The van der Waals surface area contributed by atoms with Crippen molar-refractivity contribution in [2.75, 3.05) is 5.32 Å². The maximum Gasteiger partial charge on any atom is 0.256 e. The maximum atomic E-state index is 12.9. The normalized spacial score (nSPS) is 14.5. The van der Waals surface area contributed by atoms with Gasteiger partial charge in [0.15, 0.2) is 5.82 Å². The van der Waals surface area contributed by atoms with Crippen molar-refractivity contribution in [3.8, 4) is 11.4 Å². The van der Waals surface area contributed by atoms with Crippen LogP contribution in [0.1, 0.15) is 33.2 Å². The molecule has 2 N–H and O–H groups in total. The van der Waals surface area contributed by atoms with Crippen LogP contribution in [0.25, 0.3) is 11.4 Å². The van der Waals surface area contributed by atoms with Crippen molar-refractivity contribution in [2.45, 2.75) is 23.3 Å². The minimum atomic E-state index is -0.369. The summed E-state index contributed by atoms with van der Waals surface area (Å²) in [7, 11) is -0.369. The van der Waals surface area contributed by atoms with Gasteiger partial charge in [0.05, 0.1) is 11.3 Å². The summed E-state index contributed by atoms with van der Waals surface area (Å²) in [6, 6.07) is 22.8. The second kappa shape index (κ2) is 9.41. The Balaban J connectivity index is 1.33. The van der Waals surface area contributed by atoms with E-state index in [9.17, 15) is 9.59 Å². The van der Waals surface area contributed by atoms with E-state index in [0.29, 0.717) is 29.2 Å². The molecule has 0 saturated carbocycles. The summed E-state index contributed by atoms with van der Waals surface area (Å²) in [6.45, 7) is 2.29. The quantitative estimate of drug-likeness (QED) is 0.408. The molecule has 0 radical (unpaired) electrons. The van der Waals surface area contributed by atoms with Crippen LogP contribution >= 0.6 is 10.5 Å². The predicted octanol–water partition coefficient (Wildman–Crippen LogP) is 5.15. The summed E-state index contributed by atoms with van der Waals surface area (Å²) < 4.78 is 0. The average molecular weight is 467 g/mol. The molecule has 1 aliphatic rings. The molecular weight excluding hydrogens is 444 g/mol. The van der Waals surface area contributed by atoms with Crippen LogP contribution in [0.4, 0.5) is 5.69 Å². The third kappa shape index (κ3) is 4.25. The number of nitrogens with zero attached hydrogens (tertiary/aromatic N) is 2. The van der Waals surface area contributed by atoms with E-state index in [1.54, 1.807) is 24.5 Å². The number of benzene rings is 3. The maximum absolute atomic E-state index is 12.9. The van der Waals surface area contributed by atoms with Crippen LogP contribution in [0.5, 0.6) is 0 Å². The molecule has 2 heterocycles. The monoisotopic (exact) mass is 466 g/mol. The lowest BCUT2D eigenvalue weighted by molar-refractivity contribution is 0.0949. The Bertz CT molecular complexity index is 1420. The molecule has 168 valence electrons. The summed E-state index contributed by atoms with van der Waals surface area (Å²) in [4.78, 5) is 36.4. The van der Waals surface area contributed by atoms with Gasteiger partial charge in [0.1, 0.15) is 0 Å². The van der Waals surface area contributed by atoms with Crippen molar-refractivity contribution in [3.63, 3.8) is 0 Å². The van der Waals surface area contributed by atoms with Gasteiger partial charge >= 0.3 is 0 Å². The zero-order valence-electron chi connectivity index (χ0n) is 18.5. The van der Waals surface area contributed by atoms with Gasteiger partial charge in [-0.2, -0.15) is 0 Å². The van der Waals surface area contributed by atoms with Crippen molar-refractivity contribution < 1.29 is 9.59 Å². The average Bonchev–Trinajstić information content (AvgIpc) is 3.01. The highest BCUT2D eigenvalue weighted by atomic mass is 32.2. The van der Waals surface area contributed by atoms with Crippen molar-refractivity contribution in [3.05, 3.63) is 102 Å². The fraction of sp³-hybridized carbons (Fsp3) is 0.0741. The topological polar surface area (TPSA) is 84.0 Å². The van der Waals surface area contributed by atoms with Crippen molar-refractivity contribution in [2.24, 2.45) is 0 Å². The summed E-state index contributed by atoms with van der Waals surface area (Å²) in [6.07, 6.45) is 3.43. The van der Waals surface area contributed by atoms with Crippen LogP contribution < -0.4 is 10.6 Å². The highest BCUT2D eigenvalue weighted by Crippen LogP contribution is 2.44. The Kier molecular flexibility index (Phi) is 6.01. The molecule has 1 aliphatic heterocycles. The number of rotatable bonds is 4. The zero-order valence-corrected chi connectivity index (χ0v) is 19.3. The highest BCUT2D eigenvalue weighted by Gasteiger charge is 2.22.